The van der Waals surface area contributed by atoms with Gasteiger partial charge >= 0.3 is 0 Å². The van der Waals surface area contributed by atoms with Gasteiger partial charge in [-0.3, -0.25) is 4.79 Å². The molecule has 5 heteroatoms. The second-order valence-electron chi connectivity index (χ2n) is 8.44. The molecule has 1 saturated carbocycles. The van der Waals surface area contributed by atoms with Gasteiger partial charge in [-0.15, -0.1) is 0 Å². The minimum Gasteiger partial charge on any atom is -0.494 e. The molecule has 2 heterocycles. The van der Waals surface area contributed by atoms with E-state index in [1.54, 1.807) is 11.2 Å². The van der Waals surface area contributed by atoms with Gasteiger partial charge in [0, 0.05) is 11.5 Å². The van der Waals surface area contributed by atoms with E-state index in [1.165, 1.54) is 12.8 Å². The number of hydrogen-bond donors (Lipinski definition) is 0. The van der Waals surface area contributed by atoms with Gasteiger partial charge in [0.15, 0.2) is 0 Å². The molecule has 1 aromatic carbocycles. The SMILES string of the molecule is CCCCCOc1ccc(C(=O)N(Cc2ccco2)Cc2ccc(C3CC3C)o2)cc1. The lowest BCUT2D eigenvalue weighted by molar-refractivity contribution is 0.0704. The molecule has 31 heavy (non-hydrogen) atoms. The van der Waals surface area contributed by atoms with Crippen LogP contribution in [-0.2, 0) is 13.1 Å². The highest BCUT2D eigenvalue weighted by Crippen LogP contribution is 2.47. The standard InChI is InChI=1S/C26H31NO4/c1-3-4-5-14-29-21-10-8-20(9-11-21)26(28)27(17-22-7-6-15-30-22)18-23-12-13-25(31-23)24-16-19(24)2/h6-13,15,19,24H,3-5,14,16-18H2,1-2H3. The molecule has 0 spiro atoms. The molecule has 1 aliphatic carbocycles. The van der Waals surface area contributed by atoms with E-state index >= 15 is 0 Å². The van der Waals surface area contributed by atoms with Crippen molar-refractivity contribution < 1.29 is 18.4 Å². The van der Waals surface area contributed by atoms with Crippen molar-refractivity contribution in [3.8, 4) is 5.75 Å². The number of nitrogens with zero attached hydrogens (tertiary/aromatic N) is 1. The van der Waals surface area contributed by atoms with Gasteiger partial charge in [-0.1, -0.05) is 26.7 Å². The first-order chi connectivity index (χ1) is 15.1. The summed E-state index contributed by atoms with van der Waals surface area (Å²) in [7, 11) is 0. The Balaban J connectivity index is 1.44. The average molecular weight is 422 g/mol. The second kappa shape index (κ2) is 9.90. The smallest absolute Gasteiger partial charge is 0.254 e. The van der Waals surface area contributed by atoms with Gasteiger partial charge in [0.2, 0.25) is 0 Å². The van der Waals surface area contributed by atoms with Crippen molar-refractivity contribution in [2.75, 3.05) is 6.61 Å². The van der Waals surface area contributed by atoms with Crippen molar-refractivity contribution in [3.05, 3.63) is 77.6 Å². The summed E-state index contributed by atoms with van der Waals surface area (Å²) in [6.45, 7) is 5.89. The minimum absolute atomic E-state index is 0.0633. The van der Waals surface area contributed by atoms with Crippen molar-refractivity contribution in [2.45, 2.75) is 58.5 Å². The van der Waals surface area contributed by atoms with E-state index in [-0.39, 0.29) is 5.91 Å². The quantitative estimate of drug-likeness (QED) is 0.336. The van der Waals surface area contributed by atoms with Crippen LogP contribution < -0.4 is 4.74 Å². The molecule has 2 atom stereocenters. The maximum atomic E-state index is 13.3. The molecule has 0 radical (unpaired) electrons. The predicted octanol–water partition coefficient (Wildman–Crippen LogP) is 6.41. The number of benzene rings is 1. The van der Waals surface area contributed by atoms with E-state index in [0.29, 0.717) is 37.1 Å². The number of unbranched alkanes of at least 4 members (excludes halogenated alkanes) is 2. The van der Waals surface area contributed by atoms with Gasteiger partial charge in [-0.2, -0.15) is 0 Å². The summed E-state index contributed by atoms with van der Waals surface area (Å²) in [4.78, 5) is 15.1. The van der Waals surface area contributed by atoms with Gasteiger partial charge < -0.3 is 18.5 Å². The molecule has 0 N–H and O–H groups in total. The summed E-state index contributed by atoms with van der Waals surface area (Å²) in [5.41, 5.74) is 0.620. The largest absolute Gasteiger partial charge is 0.494 e. The first kappa shape index (κ1) is 21.3. The lowest BCUT2D eigenvalue weighted by atomic mass is 10.1. The van der Waals surface area contributed by atoms with Crippen LogP contribution in [0.3, 0.4) is 0 Å². The van der Waals surface area contributed by atoms with Crippen LogP contribution in [0.2, 0.25) is 0 Å². The van der Waals surface area contributed by atoms with E-state index in [4.69, 9.17) is 13.6 Å². The van der Waals surface area contributed by atoms with Crippen LogP contribution in [0.4, 0.5) is 0 Å². The second-order valence-corrected chi connectivity index (χ2v) is 8.44. The number of hydrogen-bond acceptors (Lipinski definition) is 4. The molecule has 1 fully saturated rings. The summed E-state index contributed by atoms with van der Waals surface area (Å²) >= 11 is 0. The fourth-order valence-corrected chi connectivity index (χ4v) is 3.79. The molecule has 1 aliphatic rings. The van der Waals surface area contributed by atoms with Crippen LogP contribution in [-0.4, -0.2) is 17.4 Å². The highest BCUT2D eigenvalue weighted by Gasteiger charge is 2.36. The van der Waals surface area contributed by atoms with Crippen molar-refractivity contribution in [2.24, 2.45) is 5.92 Å². The maximum Gasteiger partial charge on any atom is 0.254 e. The molecule has 164 valence electrons. The molecule has 3 aromatic rings. The molecule has 0 saturated heterocycles. The molecule has 0 aliphatic heterocycles. The molecule has 2 unspecified atom stereocenters. The number of amides is 1. The Morgan fingerprint density at radius 3 is 2.52 bits per heavy atom. The third kappa shape index (κ3) is 5.60. The lowest BCUT2D eigenvalue weighted by Gasteiger charge is -2.21. The summed E-state index contributed by atoms with van der Waals surface area (Å²) < 4.78 is 17.3. The minimum atomic E-state index is -0.0633. The van der Waals surface area contributed by atoms with Crippen LogP contribution >= 0.6 is 0 Å². The fraction of sp³-hybridized carbons (Fsp3) is 0.423. The molecular weight excluding hydrogens is 390 g/mol. The van der Waals surface area contributed by atoms with Crippen molar-refractivity contribution in [1.82, 2.24) is 4.90 Å². The number of furan rings is 2. The normalized spacial score (nSPS) is 17.5. The summed E-state index contributed by atoms with van der Waals surface area (Å²) in [6.07, 6.45) is 6.17. The van der Waals surface area contributed by atoms with Gasteiger partial charge in [0.05, 0.1) is 26.0 Å². The average Bonchev–Trinajstić information content (AvgIpc) is 3.15. The lowest BCUT2D eigenvalue weighted by Crippen LogP contribution is -2.29. The van der Waals surface area contributed by atoms with Gasteiger partial charge in [-0.05, 0) is 67.3 Å². The number of rotatable bonds is 11. The Kier molecular flexibility index (Phi) is 6.80. The van der Waals surface area contributed by atoms with Crippen molar-refractivity contribution >= 4 is 5.91 Å². The number of ether oxygens (including phenoxy) is 1. The van der Waals surface area contributed by atoms with Gasteiger partial charge in [0.25, 0.3) is 5.91 Å². The van der Waals surface area contributed by atoms with Gasteiger partial charge in [0.1, 0.15) is 23.0 Å². The Morgan fingerprint density at radius 2 is 1.84 bits per heavy atom. The number of carbonyl (C=O) groups excluding carboxylic acids is 1. The zero-order valence-corrected chi connectivity index (χ0v) is 18.4. The Labute approximate surface area is 184 Å². The van der Waals surface area contributed by atoms with Crippen molar-refractivity contribution in [1.29, 1.82) is 0 Å². The van der Waals surface area contributed by atoms with Crippen molar-refractivity contribution in [3.63, 3.8) is 0 Å². The fourth-order valence-electron chi connectivity index (χ4n) is 3.79. The van der Waals surface area contributed by atoms with E-state index in [2.05, 4.69) is 13.8 Å². The monoisotopic (exact) mass is 421 g/mol. The van der Waals surface area contributed by atoms with Crippen LogP contribution in [0.1, 0.15) is 73.1 Å². The Hall–Kier alpha value is -2.95. The molecule has 2 aromatic heterocycles. The number of carbonyl (C=O) groups is 1. The van der Waals surface area contributed by atoms with E-state index < -0.39 is 0 Å². The summed E-state index contributed by atoms with van der Waals surface area (Å²) in [5.74, 6) is 4.50. The predicted molar refractivity (Wildman–Crippen MR) is 119 cm³/mol. The third-order valence-corrected chi connectivity index (χ3v) is 5.84. The molecule has 4 rings (SSSR count). The van der Waals surface area contributed by atoms with Gasteiger partial charge in [-0.25, -0.2) is 0 Å². The van der Waals surface area contributed by atoms with Crippen LogP contribution in [0, 0.1) is 5.92 Å². The van der Waals surface area contributed by atoms with E-state index in [0.717, 1.165) is 35.9 Å². The topological polar surface area (TPSA) is 55.8 Å². The van der Waals surface area contributed by atoms with Crippen LogP contribution in [0.5, 0.6) is 5.75 Å². The molecule has 5 nitrogen and oxygen atoms in total. The van der Waals surface area contributed by atoms with E-state index in [1.807, 2.05) is 48.5 Å². The summed E-state index contributed by atoms with van der Waals surface area (Å²) in [6, 6.07) is 15.1. The highest BCUT2D eigenvalue weighted by atomic mass is 16.5. The van der Waals surface area contributed by atoms with E-state index in [9.17, 15) is 4.79 Å². The summed E-state index contributed by atoms with van der Waals surface area (Å²) in [5, 5.41) is 0. The Morgan fingerprint density at radius 1 is 1.06 bits per heavy atom. The molecule has 0 bridgehead atoms. The first-order valence-corrected chi connectivity index (χ1v) is 11.3. The van der Waals surface area contributed by atoms with Crippen LogP contribution in [0.25, 0.3) is 0 Å². The first-order valence-electron chi connectivity index (χ1n) is 11.3. The van der Waals surface area contributed by atoms with Crippen LogP contribution in [0.15, 0.2) is 63.6 Å². The maximum absolute atomic E-state index is 13.3. The molecular formula is C26H31NO4. The third-order valence-electron chi connectivity index (χ3n) is 5.84. The molecule has 1 amide bonds. The highest BCUT2D eigenvalue weighted by molar-refractivity contribution is 5.94. The Bertz CT molecular complexity index is 958. The zero-order chi connectivity index (χ0) is 21.6. The zero-order valence-electron chi connectivity index (χ0n) is 18.4.